The molecule has 1 aromatic rings. The van der Waals surface area contributed by atoms with Gasteiger partial charge >= 0.3 is 0 Å². The van der Waals surface area contributed by atoms with Crippen molar-refractivity contribution in [3.05, 3.63) is 29.3 Å². The van der Waals surface area contributed by atoms with Crippen molar-refractivity contribution in [3.63, 3.8) is 0 Å². The summed E-state index contributed by atoms with van der Waals surface area (Å²) >= 11 is 5.14. The van der Waals surface area contributed by atoms with E-state index in [0.717, 1.165) is 12.1 Å². The Morgan fingerprint density at radius 1 is 1.42 bits per heavy atom. The molecular formula is C7H4ClF2NO. The van der Waals surface area contributed by atoms with Gasteiger partial charge in [-0.25, -0.2) is 8.78 Å². The van der Waals surface area contributed by atoms with E-state index in [-0.39, 0.29) is 5.56 Å². The fourth-order valence-electron chi connectivity index (χ4n) is 0.711. The lowest BCUT2D eigenvalue weighted by atomic mass is 10.2. The Bertz CT molecular complexity index is 340. The first-order valence-electron chi connectivity index (χ1n) is 2.95. The number of rotatable bonds is 1. The summed E-state index contributed by atoms with van der Waals surface area (Å²) in [6.07, 6.45) is 0. The van der Waals surface area contributed by atoms with Crippen LogP contribution < -0.4 is 0 Å². The summed E-state index contributed by atoms with van der Waals surface area (Å²) in [4.78, 5) is 0. The minimum Gasteiger partial charge on any atom is -0.503 e. The van der Waals surface area contributed by atoms with E-state index in [1.165, 1.54) is 0 Å². The fourth-order valence-corrected chi connectivity index (χ4v) is 0.856. The highest BCUT2D eigenvalue weighted by molar-refractivity contribution is 6.68. The van der Waals surface area contributed by atoms with Crippen LogP contribution in [0.5, 0.6) is 5.75 Å². The predicted molar refractivity (Wildman–Crippen MR) is 40.7 cm³/mol. The zero-order valence-electron chi connectivity index (χ0n) is 5.74. The monoisotopic (exact) mass is 191 g/mol. The van der Waals surface area contributed by atoms with Gasteiger partial charge in [0.1, 0.15) is 5.17 Å². The summed E-state index contributed by atoms with van der Waals surface area (Å²) in [5, 5.41) is 15.0. The molecule has 0 atom stereocenters. The van der Waals surface area contributed by atoms with E-state index in [1.807, 2.05) is 0 Å². The molecule has 0 saturated carbocycles. The van der Waals surface area contributed by atoms with Gasteiger partial charge in [0.15, 0.2) is 17.4 Å². The Hall–Kier alpha value is -1.16. The maximum absolute atomic E-state index is 12.8. The molecule has 0 aliphatic carbocycles. The van der Waals surface area contributed by atoms with E-state index in [2.05, 4.69) is 0 Å². The number of halogens is 3. The highest BCUT2D eigenvalue weighted by Crippen LogP contribution is 2.23. The number of hydrogen-bond donors (Lipinski definition) is 2. The van der Waals surface area contributed by atoms with E-state index in [4.69, 9.17) is 22.1 Å². The van der Waals surface area contributed by atoms with Crippen LogP contribution in [-0.2, 0) is 0 Å². The number of phenolic OH excluding ortho intramolecular Hbond substituents is 1. The number of benzene rings is 1. The third kappa shape index (κ3) is 1.38. The molecule has 64 valence electrons. The summed E-state index contributed by atoms with van der Waals surface area (Å²) in [6.45, 7) is 0. The molecule has 1 rings (SSSR count). The van der Waals surface area contributed by atoms with Gasteiger partial charge in [0.05, 0.1) is 5.56 Å². The third-order valence-electron chi connectivity index (χ3n) is 1.30. The molecular weight excluding hydrogens is 188 g/mol. The SMILES string of the molecule is N=C(Cl)c1ccc(F)c(O)c1F. The Morgan fingerprint density at radius 2 is 2.00 bits per heavy atom. The lowest BCUT2D eigenvalue weighted by molar-refractivity contribution is 0.396. The van der Waals surface area contributed by atoms with Gasteiger partial charge in [-0.05, 0) is 12.1 Å². The van der Waals surface area contributed by atoms with Gasteiger partial charge in [-0.3, -0.25) is 5.41 Å². The Kier molecular flexibility index (Phi) is 2.28. The van der Waals surface area contributed by atoms with Gasteiger partial charge in [-0.15, -0.1) is 0 Å². The molecule has 2 nitrogen and oxygen atoms in total. The number of hydrogen-bond acceptors (Lipinski definition) is 2. The standard InChI is InChI=1S/C7H4ClF2NO/c8-7(11)3-1-2-4(9)6(12)5(3)10/h1-2,11-12H. The highest BCUT2D eigenvalue weighted by atomic mass is 35.5. The van der Waals surface area contributed by atoms with E-state index >= 15 is 0 Å². The van der Waals surface area contributed by atoms with Gasteiger partial charge in [0.2, 0.25) is 0 Å². The molecule has 0 fully saturated rings. The van der Waals surface area contributed by atoms with Crippen LogP contribution in [-0.4, -0.2) is 10.3 Å². The molecule has 0 aliphatic rings. The maximum Gasteiger partial charge on any atom is 0.188 e. The highest BCUT2D eigenvalue weighted by Gasteiger charge is 2.13. The smallest absolute Gasteiger partial charge is 0.188 e. The average molecular weight is 192 g/mol. The largest absolute Gasteiger partial charge is 0.503 e. The molecule has 0 unspecified atom stereocenters. The van der Waals surface area contributed by atoms with Crippen molar-refractivity contribution in [1.29, 1.82) is 5.41 Å². The van der Waals surface area contributed by atoms with E-state index in [0.29, 0.717) is 0 Å². The summed E-state index contributed by atoms with van der Waals surface area (Å²) < 4.78 is 25.2. The molecule has 0 radical (unpaired) electrons. The van der Waals surface area contributed by atoms with Crippen LogP contribution >= 0.6 is 11.6 Å². The molecule has 0 bridgehead atoms. The zero-order valence-corrected chi connectivity index (χ0v) is 6.49. The van der Waals surface area contributed by atoms with Crippen LogP contribution in [0.2, 0.25) is 0 Å². The molecule has 2 N–H and O–H groups in total. The van der Waals surface area contributed by atoms with Crippen molar-refractivity contribution in [1.82, 2.24) is 0 Å². The molecule has 0 amide bonds. The Balaban J connectivity index is 3.36. The molecule has 0 saturated heterocycles. The maximum atomic E-state index is 12.8. The molecule has 0 aliphatic heterocycles. The van der Waals surface area contributed by atoms with E-state index in [1.54, 1.807) is 0 Å². The summed E-state index contributed by atoms with van der Waals surface area (Å²) in [7, 11) is 0. The van der Waals surface area contributed by atoms with Gasteiger partial charge in [0, 0.05) is 0 Å². The van der Waals surface area contributed by atoms with Crippen molar-refractivity contribution >= 4 is 16.8 Å². The van der Waals surface area contributed by atoms with Crippen molar-refractivity contribution < 1.29 is 13.9 Å². The van der Waals surface area contributed by atoms with Crippen LogP contribution in [0.15, 0.2) is 12.1 Å². The second-order valence-corrected chi connectivity index (χ2v) is 2.45. The van der Waals surface area contributed by atoms with E-state index in [9.17, 15) is 8.78 Å². The second kappa shape index (κ2) is 3.06. The van der Waals surface area contributed by atoms with Crippen LogP contribution in [0.1, 0.15) is 5.56 Å². The molecule has 12 heavy (non-hydrogen) atoms. The van der Waals surface area contributed by atoms with Gasteiger partial charge in [-0.2, -0.15) is 0 Å². The first-order chi connectivity index (χ1) is 5.54. The Labute approximate surface area is 71.9 Å². The molecule has 0 aromatic heterocycles. The quantitative estimate of drug-likeness (QED) is 0.657. The summed E-state index contributed by atoms with van der Waals surface area (Å²) in [5.41, 5.74) is -0.324. The predicted octanol–water partition coefficient (Wildman–Crippen LogP) is 2.23. The minimum absolute atomic E-state index is 0.324. The minimum atomic E-state index is -1.21. The van der Waals surface area contributed by atoms with Crippen LogP contribution in [0.4, 0.5) is 8.78 Å². The number of aromatic hydroxyl groups is 1. The number of nitrogens with one attached hydrogen (secondary N) is 1. The fraction of sp³-hybridized carbons (Fsp3) is 0. The third-order valence-corrected chi connectivity index (χ3v) is 1.51. The van der Waals surface area contributed by atoms with Crippen LogP contribution in [0.3, 0.4) is 0 Å². The Morgan fingerprint density at radius 3 is 2.50 bits per heavy atom. The zero-order chi connectivity index (χ0) is 9.30. The molecule has 5 heteroatoms. The van der Waals surface area contributed by atoms with Crippen molar-refractivity contribution in [2.45, 2.75) is 0 Å². The van der Waals surface area contributed by atoms with Gasteiger partial charge in [-0.1, -0.05) is 11.6 Å². The topological polar surface area (TPSA) is 44.1 Å². The summed E-state index contributed by atoms with van der Waals surface area (Å²) in [5.74, 6) is -3.40. The normalized spacial score (nSPS) is 9.92. The lowest BCUT2D eigenvalue weighted by Crippen LogP contribution is -1.95. The van der Waals surface area contributed by atoms with Gasteiger partial charge < -0.3 is 5.11 Å². The van der Waals surface area contributed by atoms with E-state index < -0.39 is 22.6 Å². The van der Waals surface area contributed by atoms with Crippen molar-refractivity contribution in [3.8, 4) is 5.75 Å². The molecule has 1 aromatic carbocycles. The summed E-state index contributed by atoms with van der Waals surface area (Å²) in [6, 6.07) is 1.82. The first kappa shape index (κ1) is 8.93. The van der Waals surface area contributed by atoms with Crippen molar-refractivity contribution in [2.75, 3.05) is 0 Å². The van der Waals surface area contributed by atoms with Gasteiger partial charge in [0.25, 0.3) is 0 Å². The second-order valence-electron chi connectivity index (χ2n) is 2.07. The van der Waals surface area contributed by atoms with Crippen LogP contribution in [0, 0.1) is 17.0 Å². The first-order valence-corrected chi connectivity index (χ1v) is 3.33. The average Bonchev–Trinajstić information content (AvgIpc) is 2.00. The van der Waals surface area contributed by atoms with Crippen LogP contribution in [0.25, 0.3) is 0 Å². The lowest BCUT2D eigenvalue weighted by Gasteiger charge is -2.01. The molecule has 0 heterocycles. The number of phenols is 1. The molecule has 0 spiro atoms. The van der Waals surface area contributed by atoms with Crippen molar-refractivity contribution in [2.24, 2.45) is 0 Å².